The molecule has 106 valence electrons. The van der Waals surface area contributed by atoms with Gasteiger partial charge in [0.1, 0.15) is 0 Å². The third kappa shape index (κ3) is 6.34. The number of benzene rings is 1. The van der Waals surface area contributed by atoms with Crippen LogP contribution in [0.25, 0.3) is 6.08 Å². The number of rotatable bonds is 6. The lowest BCUT2D eigenvalue weighted by molar-refractivity contribution is -0.131. The molecule has 2 amide bonds. The van der Waals surface area contributed by atoms with E-state index in [1.165, 1.54) is 13.0 Å². The Labute approximate surface area is 116 Å². The van der Waals surface area contributed by atoms with Crippen LogP contribution in [0.3, 0.4) is 0 Å². The molecule has 0 unspecified atom stereocenters. The fraction of sp³-hybridized carbons (Fsp3) is 0.214. The van der Waals surface area contributed by atoms with E-state index in [1.54, 1.807) is 18.2 Å². The average Bonchev–Trinajstić information content (AvgIpc) is 2.41. The first-order valence-electron chi connectivity index (χ1n) is 5.98. The number of carboxylic acids is 1. The largest absolute Gasteiger partial charge is 0.478 e. The first kappa shape index (κ1) is 15.4. The van der Waals surface area contributed by atoms with E-state index in [0.29, 0.717) is 6.54 Å². The maximum atomic E-state index is 11.4. The molecule has 0 heterocycles. The quantitative estimate of drug-likeness (QED) is 0.661. The monoisotopic (exact) mass is 276 g/mol. The Bertz CT molecular complexity index is 538. The van der Waals surface area contributed by atoms with E-state index in [2.05, 4.69) is 10.6 Å². The minimum atomic E-state index is -1.01. The van der Waals surface area contributed by atoms with Crippen LogP contribution >= 0.6 is 0 Å². The highest BCUT2D eigenvalue weighted by atomic mass is 16.4. The molecule has 6 heteroatoms. The highest BCUT2D eigenvalue weighted by Gasteiger charge is 2.02. The molecular formula is C14H16N2O4. The number of nitrogens with one attached hydrogen (secondary N) is 2. The second kappa shape index (κ2) is 7.73. The fourth-order valence-electron chi connectivity index (χ4n) is 1.44. The van der Waals surface area contributed by atoms with Gasteiger partial charge in [0.15, 0.2) is 0 Å². The molecule has 0 spiro atoms. The molecule has 0 radical (unpaired) electrons. The molecule has 1 rings (SSSR count). The van der Waals surface area contributed by atoms with Crippen LogP contribution in [0.2, 0.25) is 0 Å². The molecule has 1 aromatic rings. The van der Waals surface area contributed by atoms with Gasteiger partial charge < -0.3 is 15.7 Å². The van der Waals surface area contributed by atoms with Crippen LogP contribution in [0.15, 0.2) is 30.3 Å². The van der Waals surface area contributed by atoms with Crippen molar-refractivity contribution in [2.75, 3.05) is 6.54 Å². The zero-order valence-electron chi connectivity index (χ0n) is 11.1. The van der Waals surface area contributed by atoms with E-state index in [4.69, 9.17) is 5.11 Å². The van der Waals surface area contributed by atoms with E-state index in [9.17, 15) is 14.4 Å². The Morgan fingerprint density at radius 3 is 2.65 bits per heavy atom. The Kier molecular flexibility index (Phi) is 5.96. The number of hydrogen-bond donors (Lipinski definition) is 3. The Morgan fingerprint density at radius 1 is 1.25 bits per heavy atom. The van der Waals surface area contributed by atoms with Gasteiger partial charge >= 0.3 is 5.97 Å². The zero-order valence-corrected chi connectivity index (χ0v) is 11.1. The number of hydrogen-bond acceptors (Lipinski definition) is 3. The van der Waals surface area contributed by atoms with Gasteiger partial charge in [0.05, 0.1) is 6.54 Å². The molecule has 3 N–H and O–H groups in total. The Hall–Kier alpha value is -2.63. The maximum absolute atomic E-state index is 11.4. The van der Waals surface area contributed by atoms with Gasteiger partial charge in [0, 0.05) is 19.5 Å². The fourth-order valence-corrected chi connectivity index (χ4v) is 1.44. The van der Waals surface area contributed by atoms with Crippen molar-refractivity contribution in [1.29, 1.82) is 0 Å². The number of amides is 2. The predicted octanol–water partition coefficient (Wildman–Crippen LogP) is 0.537. The highest BCUT2D eigenvalue weighted by Crippen LogP contribution is 2.07. The summed E-state index contributed by atoms with van der Waals surface area (Å²) in [7, 11) is 0. The number of carbonyl (C=O) groups is 3. The van der Waals surface area contributed by atoms with Crippen molar-refractivity contribution in [2.24, 2.45) is 0 Å². The molecule has 0 saturated carbocycles. The molecule has 20 heavy (non-hydrogen) atoms. The van der Waals surface area contributed by atoms with E-state index in [0.717, 1.165) is 17.2 Å². The smallest absolute Gasteiger partial charge is 0.328 e. The van der Waals surface area contributed by atoms with Gasteiger partial charge in [0.2, 0.25) is 11.8 Å². The molecule has 0 aliphatic carbocycles. The summed E-state index contributed by atoms with van der Waals surface area (Å²) in [6.07, 6.45) is 2.53. The molecule has 0 bridgehead atoms. The first-order valence-corrected chi connectivity index (χ1v) is 5.98. The topological polar surface area (TPSA) is 95.5 Å². The maximum Gasteiger partial charge on any atom is 0.328 e. The van der Waals surface area contributed by atoms with Crippen LogP contribution in [0.4, 0.5) is 0 Å². The van der Waals surface area contributed by atoms with Gasteiger partial charge in [0.25, 0.3) is 0 Å². The van der Waals surface area contributed by atoms with Crippen molar-refractivity contribution in [3.8, 4) is 0 Å². The summed E-state index contributed by atoms with van der Waals surface area (Å²) in [5, 5.41) is 13.6. The molecule has 1 aromatic carbocycles. The van der Waals surface area contributed by atoms with Gasteiger partial charge in [-0.2, -0.15) is 0 Å². The predicted molar refractivity (Wildman–Crippen MR) is 73.6 cm³/mol. The van der Waals surface area contributed by atoms with E-state index in [1.807, 2.05) is 6.07 Å². The molecule has 0 atom stereocenters. The molecule has 6 nitrogen and oxygen atoms in total. The summed E-state index contributed by atoms with van der Waals surface area (Å²) in [6.45, 7) is 1.59. The summed E-state index contributed by atoms with van der Waals surface area (Å²) < 4.78 is 0. The first-order chi connectivity index (χ1) is 9.47. The third-order valence-corrected chi connectivity index (χ3v) is 2.36. The molecule has 0 aliphatic rings. The molecule has 0 aliphatic heterocycles. The summed E-state index contributed by atoms with van der Waals surface area (Å²) in [6, 6.07) is 7.13. The molecule has 0 saturated heterocycles. The van der Waals surface area contributed by atoms with Gasteiger partial charge in [-0.25, -0.2) is 4.79 Å². The van der Waals surface area contributed by atoms with E-state index in [-0.39, 0.29) is 18.4 Å². The highest BCUT2D eigenvalue weighted by molar-refractivity contribution is 5.85. The van der Waals surface area contributed by atoms with Gasteiger partial charge in [-0.1, -0.05) is 18.2 Å². The summed E-state index contributed by atoms with van der Waals surface area (Å²) >= 11 is 0. The zero-order chi connectivity index (χ0) is 15.0. The van der Waals surface area contributed by atoms with Crippen LogP contribution in [0.1, 0.15) is 18.1 Å². The molecule has 0 fully saturated rings. The van der Waals surface area contributed by atoms with Crippen molar-refractivity contribution in [1.82, 2.24) is 10.6 Å². The second-order valence-electron chi connectivity index (χ2n) is 4.10. The van der Waals surface area contributed by atoms with Gasteiger partial charge in [-0.3, -0.25) is 9.59 Å². The SMILES string of the molecule is CC(=O)NCC(=O)NCc1cccc(C=CC(=O)O)c1. The van der Waals surface area contributed by atoms with Crippen molar-refractivity contribution in [3.05, 3.63) is 41.5 Å². The van der Waals surface area contributed by atoms with Crippen molar-refractivity contribution >= 4 is 23.9 Å². The summed E-state index contributed by atoms with van der Waals surface area (Å²) in [5.74, 6) is -1.56. The second-order valence-corrected chi connectivity index (χ2v) is 4.10. The lowest BCUT2D eigenvalue weighted by atomic mass is 10.1. The van der Waals surface area contributed by atoms with Crippen LogP contribution < -0.4 is 10.6 Å². The van der Waals surface area contributed by atoms with Crippen LogP contribution in [-0.2, 0) is 20.9 Å². The minimum Gasteiger partial charge on any atom is -0.478 e. The van der Waals surface area contributed by atoms with E-state index < -0.39 is 5.97 Å². The van der Waals surface area contributed by atoms with E-state index >= 15 is 0 Å². The third-order valence-electron chi connectivity index (χ3n) is 2.36. The molecular weight excluding hydrogens is 260 g/mol. The van der Waals surface area contributed by atoms with Crippen molar-refractivity contribution in [3.63, 3.8) is 0 Å². The number of aliphatic carboxylic acids is 1. The summed E-state index contributed by atoms with van der Waals surface area (Å²) in [4.78, 5) is 32.5. The van der Waals surface area contributed by atoms with Crippen LogP contribution in [0, 0.1) is 0 Å². The number of carboxylic acid groups (broad SMARTS) is 1. The van der Waals surface area contributed by atoms with Gasteiger partial charge in [-0.15, -0.1) is 0 Å². The minimum absolute atomic E-state index is 0.0616. The summed E-state index contributed by atoms with van der Waals surface area (Å²) in [5.41, 5.74) is 1.58. The average molecular weight is 276 g/mol. The van der Waals surface area contributed by atoms with Crippen LogP contribution in [0.5, 0.6) is 0 Å². The van der Waals surface area contributed by atoms with Gasteiger partial charge in [-0.05, 0) is 23.3 Å². The number of carbonyl (C=O) groups excluding carboxylic acids is 2. The van der Waals surface area contributed by atoms with Crippen molar-refractivity contribution in [2.45, 2.75) is 13.5 Å². The lowest BCUT2D eigenvalue weighted by Crippen LogP contribution is -2.35. The van der Waals surface area contributed by atoms with Crippen molar-refractivity contribution < 1.29 is 19.5 Å². The Morgan fingerprint density at radius 2 is 2.00 bits per heavy atom. The molecule has 0 aromatic heterocycles. The lowest BCUT2D eigenvalue weighted by Gasteiger charge is -2.06. The standard InChI is InChI=1S/C14H16N2O4/c1-10(17)15-9-13(18)16-8-12-4-2-3-11(7-12)5-6-14(19)20/h2-7H,8-9H2,1H3,(H,15,17)(H,16,18)(H,19,20). The normalized spacial score (nSPS) is 10.2. The Balaban J connectivity index is 2.52. The van der Waals surface area contributed by atoms with Crippen LogP contribution in [-0.4, -0.2) is 29.4 Å².